The van der Waals surface area contributed by atoms with Crippen LogP contribution < -0.4 is 5.73 Å². The molecule has 0 radical (unpaired) electrons. The molecule has 0 aliphatic rings. The summed E-state index contributed by atoms with van der Waals surface area (Å²) in [4.78, 5) is 0. The first-order valence-electron chi connectivity index (χ1n) is 4.15. The lowest BCUT2D eigenvalue weighted by molar-refractivity contribution is 0.151. The van der Waals surface area contributed by atoms with Crippen LogP contribution in [0.4, 0.5) is 14.5 Å². The zero-order valence-corrected chi connectivity index (χ0v) is 8.37. The van der Waals surface area contributed by atoms with Gasteiger partial charge in [-0.1, -0.05) is 0 Å². The van der Waals surface area contributed by atoms with Crippen molar-refractivity contribution in [1.82, 2.24) is 0 Å². The highest BCUT2D eigenvalue weighted by Gasteiger charge is 2.13. The minimum absolute atomic E-state index is 0.0719. The molecule has 0 atom stereocenters. The standard InChI is InChI=1S/C10H9F2NS/c1-5-2-9-7(8(13)4-14-9)3-6(5)10(11)12/h2-4,10H,13H2,1H3. The molecule has 1 heterocycles. The van der Waals surface area contributed by atoms with Gasteiger partial charge in [0.05, 0.1) is 5.69 Å². The SMILES string of the molecule is Cc1cc2scc(N)c2cc1C(F)F. The number of nitrogens with two attached hydrogens (primary N) is 1. The van der Waals surface area contributed by atoms with E-state index in [0.717, 1.165) is 10.1 Å². The first-order valence-corrected chi connectivity index (χ1v) is 5.03. The zero-order chi connectivity index (χ0) is 10.3. The van der Waals surface area contributed by atoms with Gasteiger partial charge in [-0.3, -0.25) is 0 Å². The molecule has 1 nitrogen and oxygen atoms in total. The summed E-state index contributed by atoms with van der Waals surface area (Å²) in [5, 5.41) is 2.51. The van der Waals surface area contributed by atoms with E-state index < -0.39 is 6.43 Å². The Balaban J connectivity index is 2.74. The number of halogens is 2. The van der Waals surface area contributed by atoms with Gasteiger partial charge in [-0.05, 0) is 24.6 Å². The molecular weight excluding hydrogens is 204 g/mol. The molecule has 2 aromatic rings. The summed E-state index contributed by atoms with van der Waals surface area (Å²) >= 11 is 1.48. The van der Waals surface area contributed by atoms with Crippen molar-refractivity contribution in [2.75, 3.05) is 5.73 Å². The lowest BCUT2D eigenvalue weighted by Gasteiger charge is -2.04. The van der Waals surface area contributed by atoms with Crippen LogP contribution in [0.1, 0.15) is 17.6 Å². The van der Waals surface area contributed by atoms with Crippen LogP contribution in [-0.2, 0) is 0 Å². The molecule has 2 rings (SSSR count). The molecule has 1 aromatic carbocycles. The highest BCUT2D eigenvalue weighted by molar-refractivity contribution is 7.17. The summed E-state index contributed by atoms with van der Waals surface area (Å²) in [6, 6.07) is 3.25. The van der Waals surface area contributed by atoms with Crippen LogP contribution in [0.3, 0.4) is 0 Å². The second-order valence-corrected chi connectivity index (χ2v) is 4.11. The highest BCUT2D eigenvalue weighted by Crippen LogP contribution is 2.33. The molecule has 14 heavy (non-hydrogen) atoms. The Morgan fingerprint density at radius 3 is 2.71 bits per heavy atom. The Labute approximate surface area is 84.2 Å². The number of anilines is 1. The summed E-state index contributed by atoms with van der Waals surface area (Å²) < 4.78 is 26.1. The van der Waals surface area contributed by atoms with Gasteiger partial charge in [0, 0.05) is 21.0 Å². The van der Waals surface area contributed by atoms with Crippen LogP contribution >= 0.6 is 11.3 Å². The molecule has 2 N–H and O–H groups in total. The monoisotopic (exact) mass is 213 g/mol. The smallest absolute Gasteiger partial charge is 0.264 e. The summed E-state index contributed by atoms with van der Waals surface area (Å²) in [5.74, 6) is 0. The number of thiophene rings is 1. The number of alkyl halides is 2. The van der Waals surface area contributed by atoms with Crippen LogP contribution in [0.5, 0.6) is 0 Å². The van der Waals surface area contributed by atoms with Gasteiger partial charge in [0.1, 0.15) is 0 Å². The van der Waals surface area contributed by atoms with Crippen molar-refractivity contribution in [1.29, 1.82) is 0 Å². The fourth-order valence-corrected chi connectivity index (χ4v) is 2.38. The van der Waals surface area contributed by atoms with E-state index in [1.54, 1.807) is 18.4 Å². The van der Waals surface area contributed by atoms with Crippen molar-refractivity contribution in [2.45, 2.75) is 13.3 Å². The lowest BCUT2D eigenvalue weighted by atomic mass is 10.1. The van der Waals surface area contributed by atoms with Crippen LogP contribution in [-0.4, -0.2) is 0 Å². The number of hydrogen-bond acceptors (Lipinski definition) is 2. The van der Waals surface area contributed by atoms with E-state index in [1.807, 2.05) is 0 Å². The van der Waals surface area contributed by atoms with Gasteiger partial charge in [-0.25, -0.2) is 8.78 Å². The van der Waals surface area contributed by atoms with Gasteiger partial charge < -0.3 is 5.73 Å². The number of benzene rings is 1. The molecular formula is C10H9F2NS. The predicted octanol–water partition coefficient (Wildman–Crippen LogP) is 3.73. The average molecular weight is 213 g/mol. The Kier molecular flexibility index (Phi) is 2.15. The van der Waals surface area contributed by atoms with Crippen molar-refractivity contribution in [2.24, 2.45) is 0 Å². The third-order valence-corrected chi connectivity index (χ3v) is 3.19. The van der Waals surface area contributed by atoms with E-state index in [0.29, 0.717) is 11.3 Å². The second-order valence-electron chi connectivity index (χ2n) is 3.20. The Morgan fingerprint density at radius 1 is 1.36 bits per heavy atom. The normalized spacial score (nSPS) is 11.4. The fourth-order valence-electron chi connectivity index (χ4n) is 1.45. The topological polar surface area (TPSA) is 26.0 Å². The molecule has 0 spiro atoms. The van der Waals surface area contributed by atoms with Crippen LogP contribution in [0.15, 0.2) is 17.5 Å². The molecule has 0 unspecified atom stereocenters. The van der Waals surface area contributed by atoms with Gasteiger partial charge in [0.2, 0.25) is 0 Å². The number of aryl methyl sites for hydroxylation is 1. The van der Waals surface area contributed by atoms with Gasteiger partial charge in [0.25, 0.3) is 6.43 Å². The highest BCUT2D eigenvalue weighted by atomic mass is 32.1. The number of rotatable bonds is 1. The van der Waals surface area contributed by atoms with Gasteiger partial charge in [-0.15, -0.1) is 11.3 Å². The van der Waals surface area contributed by atoms with Gasteiger partial charge >= 0.3 is 0 Å². The molecule has 1 aromatic heterocycles. The molecule has 0 saturated heterocycles. The van der Waals surface area contributed by atoms with E-state index in [4.69, 9.17) is 5.73 Å². The molecule has 0 aliphatic carbocycles. The molecule has 4 heteroatoms. The van der Waals surface area contributed by atoms with Crippen molar-refractivity contribution in [3.8, 4) is 0 Å². The number of nitrogen functional groups attached to an aromatic ring is 1. The Morgan fingerprint density at radius 2 is 2.07 bits per heavy atom. The largest absolute Gasteiger partial charge is 0.398 e. The summed E-state index contributed by atoms with van der Waals surface area (Å²) in [5.41, 5.74) is 6.93. The average Bonchev–Trinajstić information content (AvgIpc) is 2.46. The second kappa shape index (κ2) is 3.20. The van der Waals surface area contributed by atoms with E-state index >= 15 is 0 Å². The predicted molar refractivity (Wildman–Crippen MR) is 55.9 cm³/mol. The van der Waals surface area contributed by atoms with Crippen LogP contribution in [0.2, 0.25) is 0 Å². The molecule has 0 saturated carbocycles. The molecule has 0 fully saturated rings. The quantitative estimate of drug-likeness (QED) is 0.767. The minimum Gasteiger partial charge on any atom is -0.398 e. The fraction of sp³-hybridized carbons (Fsp3) is 0.200. The van der Waals surface area contributed by atoms with E-state index in [-0.39, 0.29) is 5.56 Å². The molecule has 0 bridgehead atoms. The molecule has 74 valence electrons. The van der Waals surface area contributed by atoms with E-state index in [9.17, 15) is 8.78 Å². The van der Waals surface area contributed by atoms with E-state index in [2.05, 4.69) is 0 Å². The third-order valence-electron chi connectivity index (χ3n) is 2.23. The maximum atomic E-state index is 12.6. The van der Waals surface area contributed by atoms with Gasteiger partial charge in [0.15, 0.2) is 0 Å². The molecule has 0 aliphatic heterocycles. The van der Waals surface area contributed by atoms with Crippen molar-refractivity contribution < 1.29 is 8.78 Å². The lowest BCUT2D eigenvalue weighted by Crippen LogP contribution is -1.89. The van der Waals surface area contributed by atoms with Crippen molar-refractivity contribution in [3.05, 3.63) is 28.6 Å². The Hall–Kier alpha value is -1.16. The summed E-state index contributed by atoms with van der Waals surface area (Å²) in [7, 11) is 0. The van der Waals surface area contributed by atoms with Crippen molar-refractivity contribution >= 4 is 27.1 Å². The summed E-state index contributed by atoms with van der Waals surface area (Å²) in [6.07, 6.45) is -2.43. The van der Waals surface area contributed by atoms with Gasteiger partial charge in [-0.2, -0.15) is 0 Å². The van der Waals surface area contributed by atoms with E-state index in [1.165, 1.54) is 17.4 Å². The minimum atomic E-state index is -2.43. The first kappa shape index (κ1) is 9.40. The number of hydrogen-bond donors (Lipinski definition) is 1. The third kappa shape index (κ3) is 1.35. The maximum Gasteiger partial charge on any atom is 0.264 e. The summed E-state index contributed by atoms with van der Waals surface area (Å²) in [6.45, 7) is 1.69. The number of fused-ring (bicyclic) bond motifs is 1. The van der Waals surface area contributed by atoms with Crippen LogP contribution in [0.25, 0.3) is 10.1 Å². The first-order chi connectivity index (χ1) is 6.59. The zero-order valence-electron chi connectivity index (χ0n) is 7.55. The Bertz CT molecular complexity index is 476. The van der Waals surface area contributed by atoms with Crippen LogP contribution in [0, 0.1) is 6.92 Å². The van der Waals surface area contributed by atoms with Crippen molar-refractivity contribution in [3.63, 3.8) is 0 Å². The molecule has 0 amide bonds. The maximum absolute atomic E-state index is 12.6.